The number of hydrogen-bond acceptors (Lipinski definition) is 6. The summed E-state index contributed by atoms with van der Waals surface area (Å²) in [4.78, 5) is 0. The number of aromatic hydroxyl groups is 3. The Labute approximate surface area is 134 Å². The van der Waals surface area contributed by atoms with Gasteiger partial charge in [0.1, 0.15) is 0 Å². The van der Waals surface area contributed by atoms with E-state index in [2.05, 4.69) is 0 Å². The molecule has 0 bridgehead atoms. The minimum Gasteiger partial charge on any atom is -0.504 e. The van der Waals surface area contributed by atoms with Gasteiger partial charge in [-0.15, -0.1) is 0 Å². The van der Waals surface area contributed by atoms with Crippen molar-refractivity contribution >= 4 is 0 Å². The Balaban J connectivity index is 2.21. The minimum absolute atomic E-state index is 0.0431. The van der Waals surface area contributed by atoms with E-state index >= 15 is 0 Å². The first-order valence-corrected chi connectivity index (χ1v) is 7.02. The summed E-state index contributed by atoms with van der Waals surface area (Å²) < 4.78 is 15.2. The van der Waals surface area contributed by atoms with Gasteiger partial charge in [-0.1, -0.05) is 0 Å². The first-order valence-electron chi connectivity index (χ1n) is 7.02. The standard InChI is InChI=1S/C17H20O6/c1-21-14-8-11(9-15(22-2)16(14)20)5-4-10-6-12(18)17(23-3)13(19)7-10/h6-9,18-20H,4-5H2,1-3H3. The second-order valence-electron chi connectivity index (χ2n) is 5.02. The number of aryl methyl sites for hydroxylation is 2. The molecule has 0 heterocycles. The molecule has 2 rings (SSSR count). The quantitative estimate of drug-likeness (QED) is 0.758. The van der Waals surface area contributed by atoms with E-state index in [1.165, 1.54) is 21.3 Å². The number of rotatable bonds is 6. The predicted octanol–water partition coefficient (Wildman–Crippen LogP) is 2.61. The van der Waals surface area contributed by atoms with E-state index in [4.69, 9.17) is 14.2 Å². The van der Waals surface area contributed by atoms with Crippen molar-refractivity contribution in [2.75, 3.05) is 21.3 Å². The maximum atomic E-state index is 9.90. The highest BCUT2D eigenvalue weighted by Crippen LogP contribution is 2.39. The van der Waals surface area contributed by atoms with Crippen molar-refractivity contribution in [2.45, 2.75) is 12.8 Å². The zero-order chi connectivity index (χ0) is 17.0. The summed E-state index contributed by atoms with van der Waals surface area (Å²) in [7, 11) is 4.32. The van der Waals surface area contributed by atoms with Crippen LogP contribution in [0.4, 0.5) is 0 Å². The second kappa shape index (κ2) is 7.00. The van der Waals surface area contributed by atoms with Crippen LogP contribution < -0.4 is 14.2 Å². The molecule has 0 radical (unpaired) electrons. The fourth-order valence-electron chi connectivity index (χ4n) is 2.39. The summed E-state index contributed by atoms with van der Waals surface area (Å²) in [6.45, 7) is 0. The maximum absolute atomic E-state index is 9.90. The normalized spacial score (nSPS) is 10.4. The van der Waals surface area contributed by atoms with Gasteiger partial charge in [0, 0.05) is 0 Å². The van der Waals surface area contributed by atoms with Crippen molar-refractivity contribution in [3.63, 3.8) is 0 Å². The van der Waals surface area contributed by atoms with E-state index in [-0.39, 0.29) is 23.0 Å². The third-order valence-electron chi connectivity index (χ3n) is 3.56. The Morgan fingerprint density at radius 1 is 0.696 bits per heavy atom. The van der Waals surface area contributed by atoms with Gasteiger partial charge in [0.25, 0.3) is 0 Å². The highest BCUT2D eigenvalue weighted by atomic mass is 16.5. The third kappa shape index (κ3) is 3.53. The highest BCUT2D eigenvalue weighted by Gasteiger charge is 2.13. The molecule has 0 aromatic heterocycles. The third-order valence-corrected chi connectivity index (χ3v) is 3.56. The van der Waals surface area contributed by atoms with Crippen LogP contribution in [0, 0.1) is 0 Å². The molecule has 6 heteroatoms. The molecule has 6 nitrogen and oxygen atoms in total. The molecule has 0 aliphatic carbocycles. The van der Waals surface area contributed by atoms with Crippen LogP contribution in [0.3, 0.4) is 0 Å². The molecule has 2 aromatic carbocycles. The van der Waals surface area contributed by atoms with Gasteiger partial charge in [-0.25, -0.2) is 0 Å². The molecule has 0 saturated carbocycles. The first kappa shape index (κ1) is 16.6. The molecular weight excluding hydrogens is 300 g/mol. The molecule has 0 atom stereocenters. The molecule has 124 valence electrons. The summed E-state index contributed by atoms with van der Waals surface area (Å²) in [5.74, 6) is 0.464. The monoisotopic (exact) mass is 320 g/mol. The summed E-state index contributed by atoms with van der Waals surface area (Å²) >= 11 is 0. The van der Waals surface area contributed by atoms with Gasteiger partial charge in [-0.2, -0.15) is 0 Å². The number of phenols is 3. The number of methoxy groups -OCH3 is 3. The minimum atomic E-state index is -0.108. The molecule has 0 fully saturated rings. The highest BCUT2D eigenvalue weighted by molar-refractivity contribution is 5.54. The molecule has 0 spiro atoms. The zero-order valence-electron chi connectivity index (χ0n) is 13.3. The Bertz CT molecular complexity index is 647. The number of hydrogen-bond donors (Lipinski definition) is 3. The van der Waals surface area contributed by atoms with Crippen LogP contribution in [-0.2, 0) is 12.8 Å². The van der Waals surface area contributed by atoms with Gasteiger partial charge >= 0.3 is 0 Å². The van der Waals surface area contributed by atoms with Gasteiger partial charge in [-0.3, -0.25) is 0 Å². The molecule has 0 unspecified atom stereocenters. The van der Waals surface area contributed by atoms with Crippen molar-refractivity contribution in [1.82, 2.24) is 0 Å². The first-order chi connectivity index (χ1) is 11.0. The van der Waals surface area contributed by atoms with Gasteiger partial charge in [0.15, 0.2) is 23.0 Å². The van der Waals surface area contributed by atoms with Crippen LogP contribution in [0.1, 0.15) is 11.1 Å². The van der Waals surface area contributed by atoms with E-state index in [0.29, 0.717) is 24.3 Å². The van der Waals surface area contributed by atoms with Crippen molar-refractivity contribution < 1.29 is 29.5 Å². The van der Waals surface area contributed by atoms with Crippen molar-refractivity contribution in [1.29, 1.82) is 0 Å². The summed E-state index contributed by atoms with van der Waals surface area (Å²) in [6, 6.07) is 6.54. The molecule has 0 saturated heterocycles. The van der Waals surface area contributed by atoms with E-state index in [1.807, 2.05) is 0 Å². The Morgan fingerprint density at radius 3 is 1.52 bits per heavy atom. The fourth-order valence-corrected chi connectivity index (χ4v) is 2.39. The molecule has 23 heavy (non-hydrogen) atoms. The Morgan fingerprint density at radius 2 is 1.13 bits per heavy atom. The van der Waals surface area contributed by atoms with Crippen LogP contribution in [-0.4, -0.2) is 36.6 Å². The van der Waals surface area contributed by atoms with E-state index in [1.54, 1.807) is 24.3 Å². The summed E-state index contributed by atoms with van der Waals surface area (Å²) in [6.07, 6.45) is 1.18. The van der Waals surface area contributed by atoms with Crippen LogP contribution >= 0.6 is 0 Å². The number of ether oxygens (including phenoxy) is 3. The van der Waals surface area contributed by atoms with Crippen LogP contribution in [0.25, 0.3) is 0 Å². The lowest BCUT2D eigenvalue weighted by molar-refractivity contribution is 0.339. The molecule has 0 amide bonds. The van der Waals surface area contributed by atoms with Crippen molar-refractivity contribution in [3.8, 4) is 34.5 Å². The second-order valence-corrected chi connectivity index (χ2v) is 5.02. The Hall–Kier alpha value is -2.76. The topological polar surface area (TPSA) is 88.4 Å². The molecular formula is C17H20O6. The van der Waals surface area contributed by atoms with Gasteiger partial charge < -0.3 is 29.5 Å². The van der Waals surface area contributed by atoms with E-state index < -0.39 is 0 Å². The van der Waals surface area contributed by atoms with Gasteiger partial charge in [-0.05, 0) is 48.2 Å². The lowest BCUT2D eigenvalue weighted by Crippen LogP contribution is -1.96. The average molecular weight is 320 g/mol. The van der Waals surface area contributed by atoms with E-state index in [9.17, 15) is 15.3 Å². The summed E-state index contributed by atoms with van der Waals surface area (Å²) in [5, 5.41) is 29.5. The molecule has 3 N–H and O–H groups in total. The van der Waals surface area contributed by atoms with Crippen LogP contribution in [0.15, 0.2) is 24.3 Å². The zero-order valence-corrected chi connectivity index (χ0v) is 13.3. The van der Waals surface area contributed by atoms with E-state index in [0.717, 1.165) is 11.1 Å². The summed E-state index contributed by atoms with van der Waals surface area (Å²) in [5.41, 5.74) is 1.65. The smallest absolute Gasteiger partial charge is 0.202 e. The van der Waals surface area contributed by atoms with Crippen LogP contribution in [0.2, 0.25) is 0 Å². The maximum Gasteiger partial charge on any atom is 0.202 e. The lowest BCUT2D eigenvalue weighted by Gasteiger charge is -2.12. The number of phenolic OH excluding ortho intramolecular Hbond substituents is 3. The SMILES string of the molecule is COc1cc(CCc2cc(O)c(OC)c(O)c2)cc(OC)c1O. The molecule has 0 aliphatic heterocycles. The lowest BCUT2D eigenvalue weighted by atomic mass is 10.0. The average Bonchev–Trinajstić information content (AvgIpc) is 2.53. The molecule has 0 aliphatic rings. The molecule has 2 aromatic rings. The largest absolute Gasteiger partial charge is 0.504 e. The van der Waals surface area contributed by atoms with Gasteiger partial charge in [0.05, 0.1) is 21.3 Å². The predicted molar refractivity (Wildman–Crippen MR) is 84.9 cm³/mol. The Kier molecular flexibility index (Phi) is 5.05. The van der Waals surface area contributed by atoms with Crippen molar-refractivity contribution in [3.05, 3.63) is 35.4 Å². The van der Waals surface area contributed by atoms with Gasteiger partial charge in [0.2, 0.25) is 11.5 Å². The van der Waals surface area contributed by atoms with Crippen LogP contribution in [0.5, 0.6) is 34.5 Å². The van der Waals surface area contributed by atoms with Crippen molar-refractivity contribution in [2.24, 2.45) is 0 Å². The number of benzene rings is 2. The fraction of sp³-hybridized carbons (Fsp3) is 0.294.